The number of hydrogen-bond acceptors (Lipinski definition) is 8. The Balaban J connectivity index is 1.60. The van der Waals surface area contributed by atoms with E-state index in [0.717, 1.165) is 0 Å². The number of nitro groups is 1. The van der Waals surface area contributed by atoms with E-state index in [4.69, 9.17) is 14.2 Å². The molecule has 10 heteroatoms. The zero-order valence-corrected chi connectivity index (χ0v) is 14.4. The van der Waals surface area contributed by atoms with Gasteiger partial charge in [0.05, 0.1) is 4.92 Å². The van der Waals surface area contributed by atoms with Gasteiger partial charge in [-0.1, -0.05) is 11.3 Å². The zero-order valence-electron chi connectivity index (χ0n) is 13.6. The van der Waals surface area contributed by atoms with Gasteiger partial charge in [0.2, 0.25) is 0 Å². The van der Waals surface area contributed by atoms with Gasteiger partial charge in [0.15, 0.2) is 17.6 Å². The van der Waals surface area contributed by atoms with Gasteiger partial charge in [-0.05, 0) is 25.1 Å². The fourth-order valence-corrected chi connectivity index (χ4v) is 2.88. The molecule has 1 amide bonds. The van der Waals surface area contributed by atoms with Crippen LogP contribution in [-0.4, -0.2) is 36.1 Å². The Hall–Kier alpha value is -3.14. The number of nitrogens with zero attached hydrogens (tertiary/aromatic N) is 1. The summed E-state index contributed by atoms with van der Waals surface area (Å²) in [7, 11) is 0. The van der Waals surface area contributed by atoms with Crippen molar-refractivity contribution in [2.45, 2.75) is 13.0 Å². The van der Waals surface area contributed by atoms with Crippen LogP contribution in [0.4, 0.5) is 10.7 Å². The van der Waals surface area contributed by atoms with Gasteiger partial charge in [-0.15, -0.1) is 0 Å². The molecule has 0 unspecified atom stereocenters. The Labute approximate surface area is 151 Å². The number of nitrogens with one attached hydrogen (secondary N) is 1. The van der Waals surface area contributed by atoms with Crippen molar-refractivity contribution in [3.63, 3.8) is 0 Å². The van der Waals surface area contributed by atoms with E-state index < -0.39 is 22.9 Å². The quantitative estimate of drug-likeness (QED) is 0.483. The van der Waals surface area contributed by atoms with Crippen molar-refractivity contribution in [2.24, 2.45) is 0 Å². The minimum atomic E-state index is -1.09. The predicted octanol–water partition coefficient (Wildman–Crippen LogP) is 2.61. The molecule has 0 saturated heterocycles. The van der Waals surface area contributed by atoms with Crippen molar-refractivity contribution >= 4 is 33.9 Å². The predicted molar refractivity (Wildman–Crippen MR) is 91.9 cm³/mol. The zero-order chi connectivity index (χ0) is 18.7. The summed E-state index contributed by atoms with van der Waals surface area (Å²) >= 11 is 0.686. The van der Waals surface area contributed by atoms with Crippen LogP contribution in [0.3, 0.4) is 0 Å². The van der Waals surface area contributed by atoms with E-state index in [2.05, 4.69) is 5.32 Å². The van der Waals surface area contributed by atoms with E-state index in [9.17, 15) is 19.7 Å². The molecule has 136 valence electrons. The lowest BCUT2D eigenvalue weighted by atomic mass is 10.2. The van der Waals surface area contributed by atoms with Crippen molar-refractivity contribution in [3.8, 4) is 11.5 Å². The van der Waals surface area contributed by atoms with Crippen molar-refractivity contribution in [2.75, 3.05) is 18.5 Å². The van der Waals surface area contributed by atoms with E-state index in [1.165, 1.54) is 19.1 Å². The van der Waals surface area contributed by atoms with Gasteiger partial charge in [-0.25, -0.2) is 4.79 Å². The van der Waals surface area contributed by atoms with Crippen LogP contribution < -0.4 is 14.8 Å². The molecule has 0 radical (unpaired) electrons. The van der Waals surface area contributed by atoms with Gasteiger partial charge < -0.3 is 19.5 Å². The van der Waals surface area contributed by atoms with Gasteiger partial charge in [-0.3, -0.25) is 14.9 Å². The molecule has 0 spiro atoms. The van der Waals surface area contributed by atoms with E-state index in [1.807, 2.05) is 0 Å². The van der Waals surface area contributed by atoms with Crippen molar-refractivity contribution in [1.82, 2.24) is 0 Å². The molecule has 3 rings (SSSR count). The third kappa shape index (κ3) is 3.91. The van der Waals surface area contributed by atoms with Crippen LogP contribution in [0.5, 0.6) is 11.5 Å². The minimum absolute atomic E-state index is 0.0516. The molecule has 1 aliphatic heterocycles. The van der Waals surface area contributed by atoms with Gasteiger partial charge >= 0.3 is 11.0 Å². The second kappa shape index (κ2) is 7.40. The molecule has 1 atom stereocenters. The Morgan fingerprint density at radius 3 is 2.65 bits per heavy atom. The van der Waals surface area contributed by atoms with Crippen LogP contribution >= 0.6 is 11.3 Å². The number of esters is 1. The molecule has 0 bridgehead atoms. The van der Waals surface area contributed by atoms with Crippen molar-refractivity contribution < 1.29 is 28.7 Å². The highest BCUT2D eigenvalue weighted by atomic mass is 32.1. The number of amides is 1. The summed E-state index contributed by atoms with van der Waals surface area (Å²) in [5.41, 5.74) is 0.467. The summed E-state index contributed by atoms with van der Waals surface area (Å²) in [5, 5.41) is 13.1. The lowest BCUT2D eigenvalue weighted by molar-refractivity contribution is -0.380. The number of benzene rings is 1. The normalized spacial score (nSPS) is 13.6. The Kier molecular flexibility index (Phi) is 5.03. The first kappa shape index (κ1) is 17.7. The molecule has 2 heterocycles. The molecule has 2 aromatic rings. The van der Waals surface area contributed by atoms with Crippen LogP contribution in [0.25, 0.3) is 0 Å². The molecule has 1 aliphatic rings. The topological polar surface area (TPSA) is 117 Å². The smallest absolute Gasteiger partial charge is 0.349 e. The van der Waals surface area contributed by atoms with Gasteiger partial charge in [0.1, 0.15) is 18.1 Å². The molecule has 0 aliphatic carbocycles. The molecule has 1 aromatic carbocycles. The molecular weight excluding hydrogens is 364 g/mol. The molecule has 0 saturated carbocycles. The largest absolute Gasteiger partial charge is 0.486 e. The lowest BCUT2D eigenvalue weighted by Gasteiger charge is -2.19. The Bertz CT molecular complexity index is 864. The minimum Gasteiger partial charge on any atom is -0.486 e. The number of rotatable bonds is 5. The van der Waals surface area contributed by atoms with E-state index in [-0.39, 0.29) is 9.88 Å². The maximum atomic E-state index is 12.2. The second-order valence-corrected chi connectivity index (χ2v) is 6.35. The Morgan fingerprint density at radius 2 is 1.96 bits per heavy atom. The number of ether oxygens (including phenoxy) is 3. The number of carbonyl (C=O) groups is 2. The van der Waals surface area contributed by atoms with E-state index in [1.54, 1.807) is 18.2 Å². The number of carbonyl (C=O) groups excluding carboxylic acids is 2. The summed E-state index contributed by atoms with van der Waals surface area (Å²) in [5.74, 6) is -0.230. The van der Waals surface area contributed by atoms with E-state index >= 15 is 0 Å². The van der Waals surface area contributed by atoms with Gasteiger partial charge in [0, 0.05) is 17.8 Å². The standard InChI is InChI=1S/C16H14N2O7S/c1-9(25-16(20)13-4-5-14(26-13)18(21)22)15(19)17-10-2-3-11-12(8-10)24-7-6-23-11/h2-5,8-9H,6-7H2,1H3,(H,17,19)/t9-/m0/s1. The maximum Gasteiger partial charge on any atom is 0.349 e. The summed E-state index contributed by atoms with van der Waals surface area (Å²) in [4.78, 5) is 34.3. The van der Waals surface area contributed by atoms with Crippen molar-refractivity contribution in [1.29, 1.82) is 0 Å². The highest BCUT2D eigenvalue weighted by molar-refractivity contribution is 7.17. The molecule has 26 heavy (non-hydrogen) atoms. The summed E-state index contributed by atoms with van der Waals surface area (Å²) in [6.07, 6.45) is -1.09. The lowest BCUT2D eigenvalue weighted by Crippen LogP contribution is -2.29. The molecule has 9 nitrogen and oxygen atoms in total. The van der Waals surface area contributed by atoms with Crippen LogP contribution in [0.2, 0.25) is 0 Å². The summed E-state index contributed by atoms with van der Waals surface area (Å²) < 4.78 is 15.9. The average Bonchev–Trinajstić information content (AvgIpc) is 3.12. The molecule has 0 fully saturated rings. The second-order valence-electron chi connectivity index (χ2n) is 5.29. The van der Waals surface area contributed by atoms with Gasteiger partial charge in [-0.2, -0.15) is 0 Å². The fourth-order valence-electron chi connectivity index (χ4n) is 2.17. The van der Waals surface area contributed by atoms with E-state index in [0.29, 0.717) is 41.7 Å². The third-order valence-electron chi connectivity index (χ3n) is 3.44. The first-order valence-corrected chi connectivity index (χ1v) is 8.41. The highest BCUT2D eigenvalue weighted by Gasteiger charge is 2.22. The van der Waals surface area contributed by atoms with Crippen LogP contribution in [0.15, 0.2) is 30.3 Å². The number of fused-ring (bicyclic) bond motifs is 1. The van der Waals surface area contributed by atoms with Crippen LogP contribution in [0.1, 0.15) is 16.6 Å². The number of thiophene rings is 1. The summed E-state index contributed by atoms with van der Waals surface area (Å²) in [6.45, 7) is 2.30. The average molecular weight is 378 g/mol. The van der Waals surface area contributed by atoms with Crippen LogP contribution in [0, 0.1) is 10.1 Å². The van der Waals surface area contributed by atoms with Crippen LogP contribution in [-0.2, 0) is 9.53 Å². The van der Waals surface area contributed by atoms with Gasteiger partial charge in [0.25, 0.3) is 5.91 Å². The first-order valence-electron chi connectivity index (χ1n) is 7.60. The maximum absolute atomic E-state index is 12.2. The first-order chi connectivity index (χ1) is 12.4. The molecule has 1 N–H and O–H groups in total. The third-order valence-corrected chi connectivity index (χ3v) is 4.45. The molecular formula is C16H14N2O7S. The number of hydrogen-bond donors (Lipinski definition) is 1. The highest BCUT2D eigenvalue weighted by Crippen LogP contribution is 2.32. The fraction of sp³-hybridized carbons (Fsp3) is 0.250. The monoisotopic (exact) mass is 378 g/mol. The Morgan fingerprint density at radius 1 is 1.23 bits per heavy atom. The summed E-state index contributed by atoms with van der Waals surface area (Å²) in [6, 6.07) is 7.43. The number of anilines is 1. The molecule has 1 aromatic heterocycles. The SMILES string of the molecule is C[C@H](OC(=O)c1ccc([N+](=O)[O-])s1)C(=O)Nc1ccc2c(c1)OCCO2. The van der Waals surface area contributed by atoms with Crippen molar-refractivity contribution in [3.05, 3.63) is 45.3 Å².